The molecule has 1 atom stereocenters. The molecule has 78 valence electrons. The molecule has 2 rings (SSSR count). The topological polar surface area (TPSA) is 69.6 Å². The molecule has 15 heavy (non-hydrogen) atoms. The summed E-state index contributed by atoms with van der Waals surface area (Å²) >= 11 is 0. The van der Waals surface area contributed by atoms with Crippen LogP contribution in [0.4, 0.5) is 0 Å². The molecular formula is C10H13N5. The van der Waals surface area contributed by atoms with Gasteiger partial charge < -0.3 is 5.73 Å². The summed E-state index contributed by atoms with van der Waals surface area (Å²) in [5, 5.41) is 3.99. The van der Waals surface area contributed by atoms with Gasteiger partial charge in [-0.2, -0.15) is 5.10 Å². The second kappa shape index (κ2) is 4.18. The highest BCUT2D eigenvalue weighted by Gasteiger charge is 2.10. The van der Waals surface area contributed by atoms with E-state index in [2.05, 4.69) is 15.1 Å². The summed E-state index contributed by atoms with van der Waals surface area (Å²) < 4.78 is 1.72. The van der Waals surface area contributed by atoms with Gasteiger partial charge in [0.25, 0.3) is 0 Å². The van der Waals surface area contributed by atoms with Gasteiger partial charge in [0.15, 0.2) is 0 Å². The number of nitrogens with two attached hydrogens (primary N) is 1. The third-order valence-corrected chi connectivity index (χ3v) is 2.28. The second-order valence-electron chi connectivity index (χ2n) is 3.37. The fourth-order valence-corrected chi connectivity index (χ4v) is 1.40. The Kier molecular flexibility index (Phi) is 2.73. The molecule has 2 aromatic rings. The summed E-state index contributed by atoms with van der Waals surface area (Å²) in [5.41, 5.74) is 6.89. The Morgan fingerprint density at radius 2 is 2.27 bits per heavy atom. The minimum atomic E-state index is -0.130. The van der Waals surface area contributed by atoms with E-state index in [0.717, 1.165) is 11.5 Å². The first kappa shape index (κ1) is 9.79. The molecule has 2 aromatic heterocycles. The molecule has 0 saturated heterocycles. The molecule has 0 radical (unpaired) electrons. The minimum absolute atomic E-state index is 0.130. The van der Waals surface area contributed by atoms with Crippen molar-refractivity contribution in [3.63, 3.8) is 0 Å². The van der Waals surface area contributed by atoms with E-state index in [-0.39, 0.29) is 6.04 Å². The highest BCUT2D eigenvalue weighted by atomic mass is 15.3. The highest BCUT2D eigenvalue weighted by molar-refractivity contribution is 5.09. The lowest BCUT2D eigenvalue weighted by Crippen LogP contribution is -2.17. The molecule has 0 fully saturated rings. The number of aromatic nitrogens is 4. The van der Waals surface area contributed by atoms with Gasteiger partial charge in [-0.15, -0.1) is 0 Å². The molecule has 0 bridgehead atoms. The van der Waals surface area contributed by atoms with Crippen LogP contribution in [0.2, 0.25) is 0 Å². The average Bonchev–Trinajstić information content (AvgIpc) is 2.66. The van der Waals surface area contributed by atoms with Crippen LogP contribution in [0, 0.1) is 0 Å². The zero-order valence-corrected chi connectivity index (χ0v) is 8.54. The molecule has 5 nitrogen and oxygen atoms in total. The normalized spacial score (nSPS) is 12.7. The van der Waals surface area contributed by atoms with Gasteiger partial charge in [0.1, 0.15) is 12.2 Å². The number of aryl methyl sites for hydroxylation is 1. The van der Waals surface area contributed by atoms with Crippen LogP contribution in [-0.2, 0) is 13.5 Å². The molecule has 0 spiro atoms. The Morgan fingerprint density at radius 1 is 1.40 bits per heavy atom. The maximum atomic E-state index is 6.01. The van der Waals surface area contributed by atoms with Crippen molar-refractivity contribution in [2.45, 2.75) is 12.5 Å². The zero-order chi connectivity index (χ0) is 10.7. The van der Waals surface area contributed by atoms with E-state index < -0.39 is 0 Å². The molecule has 0 aliphatic rings. The van der Waals surface area contributed by atoms with Crippen LogP contribution in [0.5, 0.6) is 0 Å². The Bertz CT molecular complexity index is 422. The fraction of sp³-hybridized carbons (Fsp3) is 0.300. The van der Waals surface area contributed by atoms with Crippen molar-refractivity contribution in [2.24, 2.45) is 12.8 Å². The average molecular weight is 203 g/mol. The van der Waals surface area contributed by atoms with Gasteiger partial charge in [0.05, 0.1) is 11.7 Å². The van der Waals surface area contributed by atoms with Gasteiger partial charge in [0.2, 0.25) is 0 Å². The van der Waals surface area contributed by atoms with Gasteiger partial charge >= 0.3 is 0 Å². The monoisotopic (exact) mass is 203 g/mol. The lowest BCUT2D eigenvalue weighted by molar-refractivity contribution is 0.618. The quantitative estimate of drug-likeness (QED) is 0.786. The predicted molar refractivity (Wildman–Crippen MR) is 55.9 cm³/mol. The molecule has 0 aliphatic heterocycles. The first-order valence-corrected chi connectivity index (χ1v) is 4.77. The van der Waals surface area contributed by atoms with Crippen molar-refractivity contribution in [1.82, 2.24) is 19.7 Å². The third kappa shape index (κ3) is 2.19. The van der Waals surface area contributed by atoms with E-state index in [1.807, 2.05) is 25.2 Å². The summed E-state index contributed by atoms with van der Waals surface area (Å²) in [5.74, 6) is 0.869. The van der Waals surface area contributed by atoms with E-state index >= 15 is 0 Å². The maximum Gasteiger partial charge on any atom is 0.138 e. The Labute approximate surface area is 88.0 Å². The van der Waals surface area contributed by atoms with E-state index in [0.29, 0.717) is 6.42 Å². The number of hydrogen-bond acceptors (Lipinski definition) is 4. The minimum Gasteiger partial charge on any atom is -0.322 e. The Balaban J connectivity index is 2.11. The first-order chi connectivity index (χ1) is 7.27. The molecular weight excluding hydrogens is 190 g/mol. The molecule has 0 aromatic carbocycles. The molecule has 2 N–H and O–H groups in total. The van der Waals surface area contributed by atoms with Gasteiger partial charge in [0, 0.05) is 19.7 Å². The molecule has 0 aliphatic carbocycles. The zero-order valence-electron chi connectivity index (χ0n) is 8.54. The van der Waals surface area contributed by atoms with E-state index in [4.69, 9.17) is 5.73 Å². The van der Waals surface area contributed by atoms with Crippen molar-refractivity contribution in [3.05, 3.63) is 42.2 Å². The standard InChI is InChI=1S/C10H13N5/c1-15-10(13-7-14-15)6-8(11)9-4-2-3-5-12-9/h2-5,7-8H,6,11H2,1H3. The lowest BCUT2D eigenvalue weighted by Gasteiger charge is -2.09. The summed E-state index contributed by atoms with van der Waals surface area (Å²) in [6.45, 7) is 0. The van der Waals surface area contributed by atoms with Crippen LogP contribution in [0.1, 0.15) is 17.6 Å². The van der Waals surface area contributed by atoms with E-state index in [1.165, 1.54) is 6.33 Å². The summed E-state index contributed by atoms with van der Waals surface area (Å²) in [6, 6.07) is 5.59. The molecule has 0 amide bonds. The maximum absolute atomic E-state index is 6.01. The Hall–Kier alpha value is -1.75. The van der Waals surface area contributed by atoms with E-state index in [1.54, 1.807) is 10.9 Å². The summed E-state index contributed by atoms with van der Waals surface area (Å²) in [4.78, 5) is 8.33. The smallest absolute Gasteiger partial charge is 0.138 e. The van der Waals surface area contributed by atoms with Crippen LogP contribution in [0.3, 0.4) is 0 Å². The van der Waals surface area contributed by atoms with Gasteiger partial charge in [-0.3, -0.25) is 9.67 Å². The largest absolute Gasteiger partial charge is 0.322 e. The SMILES string of the molecule is Cn1ncnc1CC(N)c1ccccn1. The molecule has 1 unspecified atom stereocenters. The van der Waals surface area contributed by atoms with Crippen LogP contribution in [0.15, 0.2) is 30.7 Å². The van der Waals surface area contributed by atoms with Gasteiger partial charge in [-0.25, -0.2) is 4.98 Å². The van der Waals surface area contributed by atoms with Crippen molar-refractivity contribution in [1.29, 1.82) is 0 Å². The second-order valence-corrected chi connectivity index (χ2v) is 3.37. The van der Waals surface area contributed by atoms with Gasteiger partial charge in [-0.05, 0) is 12.1 Å². The highest BCUT2D eigenvalue weighted by Crippen LogP contribution is 2.10. The Morgan fingerprint density at radius 3 is 2.87 bits per heavy atom. The number of rotatable bonds is 3. The van der Waals surface area contributed by atoms with Crippen LogP contribution in [-0.4, -0.2) is 19.7 Å². The first-order valence-electron chi connectivity index (χ1n) is 4.77. The lowest BCUT2D eigenvalue weighted by atomic mass is 10.1. The van der Waals surface area contributed by atoms with E-state index in [9.17, 15) is 0 Å². The number of nitrogens with zero attached hydrogens (tertiary/aromatic N) is 4. The number of hydrogen-bond donors (Lipinski definition) is 1. The number of pyridine rings is 1. The van der Waals surface area contributed by atoms with Crippen molar-refractivity contribution in [2.75, 3.05) is 0 Å². The molecule has 0 saturated carbocycles. The third-order valence-electron chi connectivity index (χ3n) is 2.28. The molecule has 2 heterocycles. The van der Waals surface area contributed by atoms with Crippen LogP contribution >= 0.6 is 0 Å². The van der Waals surface area contributed by atoms with Crippen molar-refractivity contribution >= 4 is 0 Å². The molecule has 5 heteroatoms. The fourth-order valence-electron chi connectivity index (χ4n) is 1.40. The van der Waals surface area contributed by atoms with Crippen molar-refractivity contribution in [3.8, 4) is 0 Å². The van der Waals surface area contributed by atoms with Crippen molar-refractivity contribution < 1.29 is 0 Å². The van der Waals surface area contributed by atoms with Crippen LogP contribution in [0.25, 0.3) is 0 Å². The van der Waals surface area contributed by atoms with Gasteiger partial charge in [-0.1, -0.05) is 6.07 Å². The van der Waals surface area contributed by atoms with Crippen LogP contribution < -0.4 is 5.73 Å². The predicted octanol–water partition coefficient (Wildman–Crippen LogP) is 0.453. The summed E-state index contributed by atoms with van der Waals surface area (Å²) in [7, 11) is 1.85. The summed E-state index contributed by atoms with van der Waals surface area (Å²) in [6.07, 6.45) is 3.92.